The number of hydrogen-bond donors (Lipinski definition) is 1. The molecule has 1 heterocycles. The molecule has 0 radical (unpaired) electrons. The monoisotopic (exact) mass is 293 g/mol. The lowest BCUT2D eigenvalue weighted by Gasteiger charge is -2.32. The molecular weight excluding hydrogens is 274 g/mol. The van der Waals surface area contributed by atoms with Gasteiger partial charge in [0.25, 0.3) is 0 Å². The predicted octanol–water partition coefficient (Wildman–Crippen LogP) is -0.631. The highest BCUT2D eigenvalue weighted by Crippen LogP contribution is 2.10. The SMILES string of the molecule is CC(C)CS(=O)(=O)CC(=O)N1CCOCC1C(=O)O. The lowest BCUT2D eigenvalue weighted by molar-refractivity contribution is -0.157. The average Bonchev–Trinajstić information content (AvgIpc) is 2.26. The van der Waals surface area contributed by atoms with Crippen molar-refractivity contribution in [2.75, 3.05) is 31.3 Å². The van der Waals surface area contributed by atoms with Crippen molar-refractivity contribution in [3.05, 3.63) is 0 Å². The second kappa shape index (κ2) is 6.33. The first kappa shape index (κ1) is 15.9. The van der Waals surface area contributed by atoms with Gasteiger partial charge in [0.1, 0.15) is 5.75 Å². The molecule has 19 heavy (non-hydrogen) atoms. The van der Waals surface area contributed by atoms with E-state index in [-0.39, 0.29) is 31.4 Å². The zero-order chi connectivity index (χ0) is 14.6. The number of amides is 1. The number of nitrogens with zero attached hydrogens (tertiary/aromatic N) is 1. The van der Waals surface area contributed by atoms with Crippen LogP contribution in [-0.2, 0) is 24.2 Å². The highest BCUT2D eigenvalue weighted by atomic mass is 32.2. The average molecular weight is 293 g/mol. The quantitative estimate of drug-likeness (QED) is 0.724. The van der Waals surface area contributed by atoms with Crippen molar-refractivity contribution >= 4 is 21.7 Å². The van der Waals surface area contributed by atoms with Gasteiger partial charge in [0.15, 0.2) is 15.9 Å². The Labute approximate surface area is 112 Å². The van der Waals surface area contributed by atoms with Crippen molar-refractivity contribution in [3.63, 3.8) is 0 Å². The molecule has 1 fully saturated rings. The van der Waals surface area contributed by atoms with E-state index in [9.17, 15) is 18.0 Å². The maximum Gasteiger partial charge on any atom is 0.328 e. The van der Waals surface area contributed by atoms with Crippen LogP contribution < -0.4 is 0 Å². The molecule has 110 valence electrons. The Balaban J connectivity index is 2.73. The van der Waals surface area contributed by atoms with Crippen molar-refractivity contribution in [3.8, 4) is 0 Å². The number of morpholine rings is 1. The number of carbonyl (C=O) groups is 2. The number of aliphatic carboxylic acids is 1. The first-order chi connectivity index (χ1) is 8.73. The van der Waals surface area contributed by atoms with Gasteiger partial charge in [-0.3, -0.25) is 4.79 Å². The summed E-state index contributed by atoms with van der Waals surface area (Å²) in [4.78, 5) is 24.0. The topological polar surface area (TPSA) is 101 Å². The van der Waals surface area contributed by atoms with Crippen LogP contribution in [-0.4, -0.2) is 67.6 Å². The van der Waals surface area contributed by atoms with Crippen molar-refractivity contribution in [2.45, 2.75) is 19.9 Å². The predicted molar refractivity (Wildman–Crippen MR) is 67.4 cm³/mol. The molecule has 0 aromatic rings. The van der Waals surface area contributed by atoms with Crippen LogP contribution in [0.25, 0.3) is 0 Å². The lowest BCUT2D eigenvalue weighted by atomic mass is 10.2. The summed E-state index contributed by atoms with van der Waals surface area (Å²) in [6, 6.07) is -1.10. The highest BCUT2D eigenvalue weighted by Gasteiger charge is 2.34. The van der Waals surface area contributed by atoms with E-state index in [0.717, 1.165) is 4.90 Å². The van der Waals surface area contributed by atoms with Crippen molar-refractivity contribution < 1.29 is 27.9 Å². The molecule has 0 aromatic carbocycles. The molecule has 8 heteroatoms. The van der Waals surface area contributed by atoms with E-state index in [1.165, 1.54) is 0 Å². The third-order valence-corrected chi connectivity index (χ3v) is 4.53. The Morgan fingerprint density at radius 3 is 2.58 bits per heavy atom. The van der Waals surface area contributed by atoms with Gasteiger partial charge in [0, 0.05) is 6.54 Å². The summed E-state index contributed by atoms with van der Waals surface area (Å²) in [7, 11) is -3.50. The van der Waals surface area contributed by atoms with Crippen LogP contribution in [0.5, 0.6) is 0 Å². The first-order valence-electron chi connectivity index (χ1n) is 6.03. The lowest BCUT2D eigenvalue weighted by Crippen LogP contribution is -2.54. The molecule has 1 amide bonds. The van der Waals surface area contributed by atoms with Crippen LogP contribution in [0, 0.1) is 5.92 Å². The van der Waals surface area contributed by atoms with Gasteiger partial charge in [-0.2, -0.15) is 0 Å². The van der Waals surface area contributed by atoms with Gasteiger partial charge in [0.2, 0.25) is 5.91 Å². The fraction of sp³-hybridized carbons (Fsp3) is 0.818. The van der Waals surface area contributed by atoms with Crippen LogP contribution in [0.1, 0.15) is 13.8 Å². The van der Waals surface area contributed by atoms with Crippen LogP contribution in [0.2, 0.25) is 0 Å². The fourth-order valence-corrected chi connectivity index (χ4v) is 3.62. The largest absolute Gasteiger partial charge is 0.480 e. The third kappa shape index (κ3) is 4.79. The minimum absolute atomic E-state index is 0.0715. The number of carboxylic acid groups (broad SMARTS) is 1. The van der Waals surface area contributed by atoms with Crippen LogP contribution in [0.3, 0.4) is 0 Å². The maximum absolute atomic E-state index is 11.9. The number of ether oxygens (including phenoxy) is 1. The molecule has 1 atom stereocenters. The minimum atomic E-state index is -3.50. The zero-order valence-corrected chi connectivity index (χ0v) is 11.9. The molecule has 1 unspecified atom stereocenters. The second-order valence-electron chi connectivity index (χ2n) is 4.96. The Hall–Kier alpha value is -1.15. The van der Waals surface area contributed by atoms with Gasteiger partial charge < -0.3 is 14.7 Å². The summed E-state index contributed by atoms with van der Waals surface area (Å²) in [6.45, 7) is 3.71. The van der Waals surface area contributed by atoms with E-state index >= 15 is 0 Å². The molecule has 0 aliphatic carbocycles. The Bertz CT molecular complexity index is 444. The first-order valence-corrected chi connectivity index (χ1v) is 7.85. The van der Waals surface area contributed by atoms with Crippen LogP contribution in [0.4, 0.5) is 0 Å². The molecule has 7 nitrogen and oxygen atoms in total. The summed E-state index contributed by atoms with van der Waals surface area (Å²) in [5.74, 6) is -2.65. The van der Waals surface area contributed by atoms with E-state index in [4.69, 9.17) is 9.84 Å². The Morgan fingerprint density at radius 2 is 2.05 bits per heavy atom. The zero-order valence-electron chi connectivity index (χ0n) is 11.0. The standard InChI is InChI=1S/C11H19NO6S/c1-8(2)6-19(16,17)7-10(13)12-3-4-18-5-9(12)11(14)15/h8-9H,3-7H2,1-2H3,(H,14,15). The van der Waals surface area contributed by atoms with Gasteiger partial charge in [-0.1, -0.05) is 13.8 Å². The van der Waals surface area contributed by atoms with Crippen LogP contribution >= 0.6 is 0 Å². The molecule has 0 aromatic heterocycles. The van der Waals surface area contributed by atoms with Gasteiger partial charge in [-0.25, -0.2) is 13.2 Å². The number of carbonyl (C=O) groups excluding carboxylic acids is 1. The maximum atomic E-state index is 11.9. The summed E-state index contributed by atoms with van der Waals surface area (Å²) in [5.41, 5.74) is 0. The Morgan fingerprint density at radius 1 is 1.42 bits per heavy atom. The van der Waals surface area contributed by atoms with Gasteiger partial charge in [0.05, 0.1) is 19.0 Å². The fourth-order valence-electron chi connectivity index (χ4n) is 1.94. The molecule has 0 spiro atoms. The summed E-state index contributed by atoms with van der Waals surface area (Å²) in [5, 5.41) is 8.98. The van der Waals surface area contributed by atoms with Crippen molar-refractivity contribution in [1.82, 2.24) is 4.90 Å². The molecular formula is C11H19NO6S. The van der Waals surface area contributed by atoms with Crippen molar-refractivity contribution in [1.29, 1.82) is 0 Å². The van der Waals surface area contributed by atoms with E-state index in [0.29, 0.717) is 0 Å². The van der Waals surface area contributed by atoms with E-state index in [2.05, 4.69) is 0 Å². The number of sulfone groups is 1. The van der Waals surface area contributed by atoms with Gasteiger partial charge in [-0.15, -0.1) is 0 Å². The molecule has 0 saturated carbocycles. The molecule has 1 aliphatic heterocycles. The van der Waals surface area contributed by atoms with Crippen molar-refractivity contribution in [2.24, 2.45) is 5.92 Å². The highest BCUT2D eigenvalue weighted by molar-refractivity contribution is 7.92. The van der Waals surface area contributed by atoms with Gasteiger partial charge in [-0.05, 0) is 5.92 Å². The Kier molecular flexibility index (Phi) is 5.30. The number of hydrogen-bond acceptors (Lipinski definition) is 5. The molecule has 1 rings (SSSR count). The van der Waals surface area contributed by atoms with Crippen LogP contribution in [0.15, 0.2) is 0 Å². The normalized spacial score (nSPS) is 20.6. The molecule has 1 aliphatic rings. The molecule has 0 bridgehead atoms. The third-order valence-electron chi connectivity index (χ3n) is 2.66. The van der Waals surface area contributed by atoms with Gasteiger partial charge >= 0.3 is 5.97 Å². The van der Waals surface area contributed by atoms with E-state index < -0.39 is 33.5 Å². The molecule has 1 saturated heterocycles. The summed E-state index contributed by atoms with van der Waals surface area (Å²) >= 11 is 0. The minimum Gasteiger partial charge on any atom is -0.480 e. The summed E-state index contributed by atoms with van der Waals surface area (Å²) in [6.07, 6.45) is 0. The van der Waals surface area contributed by atoms with E-state index in [1.807, 2.05) is 0 Å². The number of carboxylic acids is 1. The number of rotatable bonds is 5. The molecule has 1 N–H and O–H groups in total. The summed E-state index contributed by atoms with van der Waals surface area (Å²) < 4.78 is 28.5. The smallest absolute Gasteiger partial charge is 0.328 e. The van der Waals surface area contributed by atoms with E-state index in [1.54, 1.807) is 13.8 Å². The second-order valence-corrected chi connectivity index (χ2v) is 7.07.